The van der Waals surface area contributed by atoms with Gasteiger partial charge in [0.25, 0.3) is 0 Å². The molecule has 0 bridgehead atoms. The van der Waals surface area contributed by atoms with Crippen molar-refractivity contribution in [1.29, 1.82) is 0 Å². The van der Waals surface area contributed by atoms with Gasteiger partial charge in [0.15, 0.2) is 0 Å². The fourth-order valence-corrected chi connectivity index (χ4v) is 4.54. The van der Waals surface area contributed by atoms with Crippen molar-refractivity contribution in [1.82, 2.24) is 10.2 Å². The number of halogens is 2. The summed E-state index contributed by atoms with van der Waals surface area (Å²) >= 11 is 5.85. The Hall–Kier alpha value is -2.65. The van der Waals surface area contributed by atoms with E-state index in [-0.39, 0.29) is 29.2 Å². The van der Waals surface area contributed by atoms with Crippen LogP contribution in [0.1, 0.15) is 38.3 Å². The Bertz CT molecular complexity index is 1140. The second-order valence-electron chi connectivity index (χ2n) is 8.40. The predicted octanol–water partition coefficient (Wildman–Crippen LogP) is 3.89. The molecule has 34 heavy (non-hydrogen) atoms. The van der Waals surface area contributed by atoms with Gasteiger partial charge >= 0.3 is 0 Å². The number of hydrogen-bond acceptors (Lipinski definition) is 4. The molecule has 10 heteroatoms. The molecular weight excluding hydrogens is 481 g/mol. The maximum atomic E-state index is 13.7. The highest BCUT2D eigenvalue weighted by molar-refractivity contribution is 7.92. The van der Waals surface area contributed by atoms with E-state index < -0.39 is 34.3 Å². The fraction of sp³-hybridized carbons (Fsp3) is 0.417. The van der Waals surface area contributed by atoms with Gasteiger partial charge in [0.2, 0.25) is 21.8 Å². The Morgan fingerprint density at radius 1 is 1.15 bits per heavy atom. The van der Waals surface area contributed by atoms with Crippen LogP contribution in [-0.2, 0) is 26.2 Å². The van der Waals surface area contributed by atoms with Gasteiger partial charge in [0.05, 0.1) is 17.0 Å². The van der Waals surface area contributed by atoms with E-state index in [9.17, 15) is 22.4 Å². The number of aryl methyl sites for hydroxylation is 1. The molecule has 2 amide bonds. The molecule has 0 saturated carbocycles. The first kappa shape index (κ1) is 27.6. The lowest BCUT2D eigenvalue weighted by Gasteiger charge is -2.33. The number of benzene rings is 2. The van der Waals surface area contributed by atoms with Crippen LogP contribution in [0.5, 0.6) is 0 Å². The van der Waals surface area contributed by atoms with E-state index in [0.29, 0.717) is 6.42 Å². The summed E-state index contributed by atoms with van der Waals surface area (Å²) in [5, 5.41) is 2.57. The summed E-state index contributed by atoms with van der Waals surface area (Å²) < 4.78 is 39.6. The van der Waals surface area contributed by atoms with Gasteiger partial charge < -0.3 is 10.2 Å². The number of carbonyl (C=O) groups is 2. The van der Waals surface area contributed by atoms with E-state index in [4.69, 9.17) is 11.6 Å². The predicted molar refractivity (Wildman–Crippen MR) is 133 cm³/mol. The molecular formula is C24H31ClFN3O4S. The van der Waals surface area contributed by atoms with Crippen LogP contribution < -0.4 is 9.62 Å². The van der Waals surface area contributed by atoms with Crippen molar-refractivity contribution in [3.8, 4) is 0 Å². The normalized spacial score (nSPS) is 12.4. The number of hydrogen-bond donors (Lipinski definition) is 1. The highest BCUT2D eigenvalue weighted by Gasteiger charge is 2.32. The van der Waals surface area contributed by atoms with E-state index in [2.05, 4.69) is 5.32 Å². The zero-order chi connectivity index (χ0) is 25.6. The van der Waals surface area contributed by atoms with Gasteiger partial charge in [0, 0.05) is 12.6 Å². The monoisotopic (exact) mass is 511 g/mol. The first-order valence-corrected chi connectivity index (χ1v) is 13.1. The molecule has 1 atom stereocenters. The number of amides is 2. The molecule has 0 radical (unpaired) electrons. The van der Waals surface area contributed by atoms with Crippen LogP contribution in [0.4, 0.5) is 10.1 Å². The molecule has 0 unspecified atom stereocenters. The van der Waals surface area contributed by atoms with Crippen LogP contribution in [0, 0.1) is 12.7 Å². The third kappa shape index (κ3) is 7.17. The summed E-state index contributed by atoms with van der Waals surface area (Å²) in [6, 6.07) is 9.95. The van der Waals surface area contributed by atoms with Crippen molar-refractivity contribution >= 4 is 39.1 Å². The molecule has 0 aliphatic heterocycles. The molecule has 0 fully saturated rings. The van der Waals surface area contributed by atoms with Crippen molar-refractivity contribution in [3.63, 3.8) is 0 Å². The van der Waals surface area contributed by atoms with Crippen LogP contribution in [0.3, 0.4) is 0 Å². The standard InChI is InChI=1S/C24H31ClFN3O4S/c1-6-22(24(31)27-16(2)3)28(14-18-10-8-7-9-17(18)4)23(30)15-29(34(5,32)33)19-11-12-21(26)20(25)13-19/h7-13,16,22H,6,14-15H2,1-5H3,(H,27,31)/t22-/m1/s1. The van der Waals surface area contributed by atoms with E-state index in [0.717, 1.165) is 33.8 Å². The zero-order valence-electron chi connectivity index (χ0n) is 20.0. The van der Waals surface area contributed by atoms with Gasteiger partial charge in [-0.1, -0.05) is 42.8 Å². The van der Waals surface area contributed by atoms with Crippen molar-refractivity contribution in [2.45, 2.75) is 52.7 Å². The zero-order valence-corrected chi connectivity index (χ0v) is 21.6. The number of nitrogens with one attached hydrogen (secondary N) is 1. The van der Waals surface area contributed by atoms with Gasteiger partial charge in [-0.25, -0.2) is 12.8 Å². The lowest BCUT2D eigenvalue weighted by atomic mass is 10.1. The number of nitrogens with zero attached hydrogens (tertiary/aromatic N) is 2. The third-order valence-electron chi connectivity index (χ3n) is 5.29. The summed E-state index contributed by atoms with van der Waals surface area (Å²) in [6.07, 6.45) is 1.28. The number of anilines is 1. The second kappa shape index (κ2) is 11.7. The molecule has 0 aromatic heterocycles. The summed E-state index contributed by atoms with van der Waals surface area (Å²) in [5.74, 6) is -1.60. The third-order valence-corrected chi connectivity index (χ3v) is 6.72. The van der Waals surface area contributed by atoms with Crippen LogP contribution in [0.2, 0.25) is 5.02 Å². The molecule has 0 heterocycles. The molecule has 0 saturated heterocycles. The highest BCUT2D eigenvalue weighted by atomic mass is 35.5. The summed E-state index contributed by atoms with van der Waals surface area (Å²) in [4.78, 5) is 27.9. The molecule has 0 aliphatic rings. The number of carbonyl (C=O) groups excluding carboxylic acids is 2. The number of rotatable bonds is 10. The average molecular weight is 512 g/mol. The topological polar surface area (TPSA) is 86.8 Å². The first-order valence-electron chi connectivity index (χ1n) is 10.9. The van der Waals surface area contributed by atoms with Gasteiger partial charge in [0.1, 0.15) is 18.4 Å². The molecule has 7 nitrogen and oxygen atoms in total. The molecule has 2 aromatic carbocycles. The minimum Gasteiger partial charge on any atom is -0.352 e. The largest absolute Gasteiger partial charge is 0.352 e. The Morgan fingerprint density at radius 3 is 2.32 bits per heavy atom. The molecule has 0 spiro atoms. The minimum absolute atomic E-state index is 0.0535. The van der Waals surface area contributed by atoms with Gasteiger partial charge in [-0.3, -0.25) is 13.9 Å². The van der Waals surface area contributed by atoms with Crippen LogP contribution in [-0.4, -0.2) is 50.0 Å². The lowest BCUT2D eigenvalue weighted by Crippen LogP contribution is -2.53. The molecule has 186 valence electrons. The number of sulfonamides is 1. The van der Waals surface area contributed by atoms with Crippen LogP contribution in [0.25, 0.3) is 0 Å². The van der Waals surface area contributed by atoms with Gasteiger partial charge in [-0.2, -0.15) is 0 Å². The Labute approximate surface area is 205 Å². The van der Waals surface area contributed by atoms with E-state index in [1.807, 2.05) is 45.0 Å². The smallest absolute Gasteiger partial charge is 0.244 e. The summed E-state index contributed by atoms with van der Waals surface area (Å²) in [5.41, 5.74) is 1.82. The van der Waals surface area contributed by atoms with Crippen LogP contribution >= 0.6 is 11.6 Å². The summed E-state index contributed by atoms with van der Waals surface area (Å²) in [6.45, 7) is 6.88. The quantitative estimate of drug-likeness (QED) is 0.524. The molecule has 2 rings (SSSR count). The van der Waals surface area contributed by atoms with Crippen molar-refractivity contribution in [2.75, 3.05) is 17.1 Å². The van der Waals surface area contributed by atoms with E-state index in [1.165, 1.54) is 11.0 Å². The average Bonchev–Trinajstić information content (AvgIpc) is 2.73. The highest BCUT2D eigenvalue weighted by Crippen LogP contribution is 2.25. The van der Waals surface area contributed by atoms with Gasteiger partial charge in [-0.15, -0.1) is 0 Å². The van der Waals surface area contributed by atoms with E-state index in [1.54, 1.807) is 6.92 Å². The van der Waals surface area contributed by atoms with E-state index >= 15 is 0 Å². The first-order chi connectivity index (χ1) is 15.8. The Balaban J connectivity index is 2.48. The summed E-state index contributed by atoms with van der Waals surface area (Å²) in [7, 11) is -3.92. The lowest BCUT2D eigenvalue weighted by molar-refractivity contribution is -0.140. The maximum Gasteiger partial charge on any atom is 0.244 e. The van der Waals surface area contributed by atoms with Crippen molar-refractivity contribution < 1.29 is 22.4 Å². The second-order valence-corrected chi connectivity index (χ2v) is 10.7. The van der Waals surface area contributed by atoms with Crippen molar-refractivity contribution in [3.05, 3.63) is 64.4 Å². The molecule has 1 N–H and O–H groups in total. The fourth-order valence-electron chi connectivity index (χ4n) is 3.53. The Morgan fingerprint density at radius 2 is 1.79 bits per heavy atom. The van der Waals surface area contributed by atoms with Crippen molar-refractivity contribution in [2.24, 2.45) is 0 Å². The molecule has 2 aromatic rings. The maximum absolute atomic E-state index is 13.7. The SMILES string of the molecule is CC[C@H](C(=O)NC(C)C)N(Cc1ccccc1C)C(=O)CN(c1ccc(F)c(Cl)c1)S(C)(=O)=O. The molecule has 0 aliphatic carbocycles. The van der Waals surface area contributed by atoms with Crippen LogP contribution in [0.15, 0.2) is 42.5 Å². The minimum atomic E-state index is -3.92. The van der Waals surface area contributed by atoms with Gasteiger partial charge in [-0.05, 0) is 56.5 Å². The Kier molecular flexibility index (Phi) is 9.46.